The fourth-order valence-electron chi connectivity index (χ4n) is 2.70. The van der Waals surface area contributed by atoms with Gasteiger partial charge in [0.15, 0.2) is 0 Å². The summed E-state index contributed by atoms with van der Waals surface area (Å²) in [4.78, 5) is 22.6. The molecule has 6 heteroatoms. The maximum Gasteiger partial charge on any atom is 0.314 e. The number of nitrogens with one attached hydrogen (secondary N) is 2. The summed E-state index contributed by atoms with van der Waals surface area (Å²) in [5.41, 5.74) is -0.268. The molecule has 0 radical (unpaired) electrons. The quantitative estimate of drug-likeness (QED) is 0.639. The molecule has 0 saturated carbocycles. The lowest BCUT2D eigenvalue weighted by Gasteiger charge is -2.24. The standard InChI is InChI=1S/C15H28N2O4/c1-11(2)7-12(8-13(18)19)9-16-14(20)17-10-15(3)5-4-6-21-15/h11-12H,4-10H2,1-3H3,(H,18,19)(H2,16,17,20). The van der Waals surface area contributed by atoms with Crippen LogP contribution in [-0.4, -0.2) is 42.4 Å². The van der Waals surface area contributed by atoms with Gasteiger partial charge in [-0.05, 0) is 38.0 Å². The molecule has 1 aliphatic rings. The summed E-state index contributed by atoms with van der Waals surface area (Å²) in [6.45, 7) is 7.70. The highest BCUT2D eigenvalue weighted by Gasteiger charge is 2.30. The van der Waals surface area contributed by atoms with Gasteiger partial charge in [-0.1, -0.05) is 13.8 Å². The molecule has 1 aliphatic heterocycles. The number of urea groups is 1. The summed E-state index contributed by atoms with van der Waals surface area (Å²) < 4.78 is 5.60. The molecule has 0 spiro atoms. The number of ether oxygens (including phenoxy) is 1. The number of carbonyl (C=O) groups excluding carboxylic acids is 1. The van der Waals surface area contributed by atoms with Crippen molar-refractivity contribution in [3.05, 3.63) is 0 Å². The summed E-state index contributed by atoms with van der Waals surface area (Å²) in [5, 5.41) is 14.5. The van der Waals surface area contributed by atoms with E-state index in [-0.39, 0.29) is 24.0 Å². The highest BCUT2D eigenvalue weighted by Crippen LogP contribution is 2.23. The van der Waals surface area contributed by atoms with Gasteiger partial charge in [0.05, 0.1) is 5.60 Å². The minimum Gasteiger partial charge on any atom is -0.481 e. The fourth-order valence-corrected chi connectivity index (χ4v) is 2.70. The summed E-state index contributed by atoms with van der Waals surface area (Å²) in [7, 11) is 0. The van der Waals surface area contributed by atoms with E-state index >= 15 is 0 Å². The molecule has 3 N–H and O–H groups in total. The predicted molar refractivity (Wildman–Crippen MR) is 80.2 cm³/mol. The van der Waals surface area contributed by atoms with Crippen molar-refractivity contribution in [2.45, 2.75) is 52.1 Å². The Kier molecular flexibility index (Phi) is 6.95. The lowest BCUT2D eigenvalue weighted by atomic mass is 9.94. The van der Waals surface area contributed by atoms with Crippen LogP contribution in [0.4, 0.5) is 4.79 Å². The zero-order valence-electron chi connectivity index (χ0n) is 13.3. The number of amides is 2. The van der Waals surface area contributed by atoms with Crippen LogP contribution in [0.3, 0.4) is 0 Å². The van der Waals surface area contributed by atoms with Gasteiger partial charge < -0.3 is 20.5 Å². The van der Waals surface area contributed by atoms with Crippen LogP contribution in [0.15, 0.2) is 0 Å². The monoisotopic (exact) mass is 300 g/mol. The first kappa shape index (κ1) is 17.8. The Morgan fingerprint density at radius 1 is 1.33 bits per heavy atom. The maximum atomic E-state index is 11.8. The average Bonchev–Trinajstić information content (AvgIpc) is 2.80. The minimum absolute atomic E-state index is 0.0356. The first-order chi connectivity index (χ1) is 9.81. The third-order valence-electron chi connectivity index (χ3n) is 3.74. The van der Waals surface area contributed by atoms with Crippen molar-refractivity contribution in [1.82, 2.24) is 10.6 Å². The van der Waals surface area contributed by atoms with Gasteiger partial charge in [-0.2, -0.15) is 0 Å². The topological polar surface area (TPSA) is 87.7 Å². The molecule has 1 fully saturated rings. The van der Waals surface area contributed by atoms with Gasteiger partial charge in [-0.3, -0.25) is 4.79 Å². The molecule has 0 aromatic heterocycles. The van der Waals surface area contributed by atoms with Crippen LogP contribution in [0.5, 0.6) is 0 Å². The molecule has 0 aromatic carbocycles. The normalized spacial score (nSPS) is 23.0. The Bertz CT molecular complexity index is 352. The third kappa shape index (κ3) is 7.32. The van der Waals surface area contributed by atoms with Crippen LogP contribution in [0.2, 0.25) is 0 Å². The first-order valence-electron chi connectivity index (χ1n) is 7.68. The molecule has 6 nitrogen and oxygen atoms in total. The Labute approximate surface area is 126 Å². The molecule has 0 aromatic rings. The van der Waals surface area contributed by atoms with Crippen LogP contribution in [0.25, 0.3) is 0 Å². The van der Waals surface area contributed by atoms with Gasteiger partial charge in [0, 0.05) is 26.1 Å². The van der Waals surface area contributed by atoms with Gasteiger partial charge in [-0.25, -0.2) is 4.79 Å². The predicted octanol–water partition coefficient (Wildman–Crippen LogP) is 1.99. The summed E-state index contributed by atoms with van der Waals surface area (Å²) in [6, 6.07) is -0.258. The largest absolute Gasteiger partial charge is 0.481 e. The maximum absolute atomic E-state index is 11.8. The van der Waals surface area contributed by atoms with E-state index in [1.54, 1.807) is 0 Å². The van der Waals surface area contributed by atoms with E-state index in [9.17, 15) is 9.59 Å². The van der Waals surface area contributed by atoms with Crippen LogP contribution >= 0.6 is 0 Å². The Morgan fingerprint density at radius 2 is 2.05 bits per heavy atom. The van der Waals surface area contributed by atoms with Gasteiger partial charge in [0.1, 0.15) is 0 Å². The van der Waals surface area contributed by atoms with E-state index in [0.717, 1.165) is 25.9 Å². The van der Waals surface area contributed by atoms with E-state index in [1.165, 1.54) is 0 Å². The van der Waals surface area contributed by atoms with Crippen LogP contribution in [0.1, 0.15) is 46.5 Å². The van der Waals surface area contributed by atoms with E-state index in [1.807, 2.05) is 20.8 Å². The number of aliphatic carboxylic acids is 1. The third-order valence-corrected chi connectivity index (χ3v) is 3.74. The van der Waals surface area contributed by atoms with Crippen LogP contribution in [0, 0.1) is 11.8 Å². The molecule has 21 heavy (non-hydrogen) atoms. The second-order valence-corrected chi connectivity index (χ2v) is 6.56. The van der Waals surface area contributed by atoms with Crippen molar-refractivity contribution >= 4 is 12.0 Å². The number of carbonyl (C=O) groups is 2. The molecule has 2 amide bonds. The van der Waals surface area contributed by atoms with E-state index in [2.05, 4.69) is 10.6 Å². The van der Waals surface area contributed by atoms with Crippen molar-refractivity contribution in [3.63, 3.8) is 0 Å². The zero-order valence-corrected chi connectivity index (χ0v) is 13.3. The smallest absolute Gasteiger partial charge is 0.314 e. The highest BCUT2D eigenvalue weighted by atomic mass is 16.5. The Balaban J connectivity index is 2.29. The summed E-state index contributed by atoms with van der Waals surface area (Å²) >= 11 is 0. The molecular weight excluding hydrogens is 272 g/mol. The first-order valence-corrected chi connectivity index (χ1v) is 7.68. The van der Waals surface area contributed by atoms with Gasteiger partial charge in [-0.15, -0.1) is 0 Å². The Morgan fingerprint density at radius 3 is 2.57 bits per heavy atom. The SMILES string of the molecule is CC(C)CC(CNC(=O)NCC1(C)CCCO1)CC(=O)O. The second kappa shape index (κ2) is 8.22. The zero-order chi connectivity index (χ0) is 15.9. The fraction of sp³-hybridized carbons (Fsp3) is 0.867. The van der Waals surface area contributed by atoms with Crippen molar-refractivity contribution in [3.8, 4) is 0 Å². The van der Waals surface area contributed by atoms with Crippen molar-refractivity contribution < 1.29 is 19.4 Å². The molecule has 1 rings (SSSR count). The lowest BCUT2D eigenvalue weighted by molar-refractivity contribution is -0.138. The van der Waals surface area contributed by atoms with Crippen LogP contribution < -0.4 is 10.6 Å². The molecule has 122 valence electrons. The van der Waals surface area contributed by atoms with E-state index in [0.29, 0.717) is 19.0 Å². The summed E-state index contributed by atoms with van der Waals surface area (Å²) in [5.74, 6) is -0.452. The highest BCUT2D eigenvalue weighted by molar-refractivity contribution is 5.74. The lowest BCUT2D eigenvalue weighted by Crippen LogP contribution is -2.45. The molecular formula is C15H28N2O4. The molecule has 0 bridgehead atoms. The van der Waals surface area contributed by atoms with Gasteiger partial charge in [0.25, 0.3) is 0 Å². The summed E-state index contributed by atoms with van der Waals surface area (Å²) in [6.07, 6.45) is 2.84. The number of rotatable bonds is 8. The number of carboxylic acids is 1. The van der Waals surface area contributed by atoms with Gasteiger partial charge >= 0.3 is 12.0 Å². The van der Waals surface area contributed by atoms with Crippen molar-refractivity contribution in [2.75, 3.05) is 19.7 Å². The van der Waals surface area contributed by atoms with E-state index < -0.39 is 5.97 Å². The van der Waals surface area contributed by atoms with Gasteiger partial charge in [0.2, 0.25) is 0 Å². The number of carboxylic acid groups (broad SMARTS) is 1. The molecule has 1 saturated heterocycles. The Hall–Kier alpha value is -1.30. The van der Waals surface area contributed by atoms with Crippen molar-refractivity contribution in [2.24, 2.45) is 11.8 Å². The molecule has 0 aliphatic carbocycles. The second-order valence-electron chi connectivity index (χ2n) is 6.56. The minimum atomic E-state index is -0.824. The number of hydrogen-bond acceptors (Lipinski definition) is 3. The van der Waals surface area contributed by atoms with E-state index in [4.69, 9.17) is 9.84 Å². The van der Waals surface area contributed by atoms with Crippen molar-refractivity contribution in [1.29, 1.82) is 0 Å². The molecule has 1 heterocycles. The number of hydrogen-bond donors (Lipinski definition) is 3. The molecule has 2 unspecified atom stereocenters. The molecule has 2 atom stereocenters. The average molecular weight is 300 g/mol. The van der Waals surface area contributed by atoms with Crippen LogP contribution in [-0.2, 0) is 9.53 Å².